The van der Waals surface area contributed by atoms with E-state index in [0.29, 0.717) is 43.4 Å². The molecule has 30 heavy (non-hydrogen) atoms. The third kappa shape index (κ3) is 5.54. The van der Waals surface area contributed by atoms with E-state index in [-0.39, 0.29) is 41.7 Å². The summed E-state index contributed by atoms with van der Waals surface area (Å²) in [5.74, 6) is -3.34. The van der Waals surface area contributed by atoms with Crippen LogP contribution in [-0.2, 0) is 17.6 Å². The average Bonchev–Trinajstić information content (AvgIpc) is 2.72. The molecule has 2 rings (SSSR count). The minimum Gasteiger partial charge on any atom is -0.450 e. The maximum absolute atomic E-state index is 15.1. The summed E-state index contributed by atoms with van der Waals surface area (Å²) in [6.07, 6.45) is 1.66. The molecule has 6 heteroatoms. The molecule has 1 heterocycles. The lowest BCUT2D eigenvalue weighted by molar-refractivity contribution is 0.0617. The molecular weight excluding hydrogens is 396 g/mol. The normalized spacial score (nSPS) is 17.2. The highest BCUT2D eigenvalue weighted by Gasteiger charge is 2.29. The number of alkyl halides is 1. The molecule has 0 aromatic heterocycles. The van der Waals surface area contributed by atoms with Gasteiger partial charge in [0.1, 0.15) is 0 Å². The molecule has 0 amide bonds. The number of allylic oxidation sites excluding steroid dienone is 1. The van der Waals surface area contributed by atoms with E-state index in [0.717, 1.165) is 0 Å². The Hall–Kier alpha value is -2.08. The van der Waals surface area contributed by atoms with E-state index in [1.165, 1.54) is 0 Å². The van der Waals surface area contributed by atoms with Gasteiger partial charge in [-0.25, -0.2) is 8.78 Å². The van der Waals surface area contributed by atoms with Crippen molar-refractivity contribution in [2.24, 2.45) is 5.92 Å². The zero-order valence-electron chi connectivity index (χ0n) is 17.9. The van der Waals surface area contributed by atoms with Crippen molar-refractivity contribution in [2.45, 2.75) is 59.0 Å². The number of halogens is 4. The molecule has 2 unspecified atom stereocenters. The fraction of sp³-hybridized carbons (Fsp3) is 0.500. The SMILES string of the molecule is C=C1Cc2cc(CCC)c(F)c(F)c2O/C1=C(\F)C(=C)C(C)OCC(C)CCCF. The second-order valence-corrected chi connectivity index (χ2v) is 7.86. The van der Waals surface area contributed by atoms with Crippen LogP contribution in [0, 0.1) is 17.6 Å². The summed E-state index contributed by atoms with van der Waals surface area (Å²) < 4.78 is 67.3. The van der Waals surface area contributed by atoms with Crippen LogP contribution in [-0.4, -0.2) is 19.4 Å². The van der Waals surface area contributed by atoms with Crippen molar-refractivity contribution in [1.82, 2.24) is 0 Å². The Bertz CT molecular complexity index is 829. The highest BCUT2D eigenvalue weighted by atomic mass is 19.2. The standard InChI is InChI=1S/C24H30F4O2/c1-6-8-18-12-19-11-15(3)23(30-24(19)22(28)21(18)27)20(26)16(4)17(5)29-13-14(2)9-7-10-25/h12,14,17H,3-4,6-11,13H2,1-2,5H3/b23-20-. The number of benzene rings is 1. The summed E-state index contributed by atoms with van der Waals surface area (Å²) in [6.45, 7) is 12.9. The molecule has 0 spiro atoms. The topological polar surface area (TPSA) is 18.5 Å². The van der Waals surface area contributed by atoms with Gasteiger partial charge in [-0.3, -0.25) is 4.39 Å². The highest BCUT2D eigenvalue weighted by Crippen LogP contribution is 2.39. The zero-order valence-corrected chi connectivity index (χ0v) is 17.9. The van der Waals surface area contributed by atoms with Crippen molar-refractivity contribution < 1.29 is 27.0 Å². The molecule has 0 radical (unpaired) electrons. The van der Waals surface area contributed by atoms with E-state index in [1.54, 1.807) is 13.0 Å². The maximum atomic E-state index is 15.1. The maximum Gasteiger partial charge on any atom is 0.201 e. The molecule has 0 aliphatic carbocycles. The highest BCUT2D eigenvalue weighted by molar-refractivity contribution is 5.51. The molecular formula is C24H30F4O2. The Balaban J connectivity index is 2.19. The van der Waals surface area contributed by atoms with Crippen LogP contribution in [0.2, 0.25) is 0 Å². The van der Waals surface area contributed by atoms with Crippen LogP contribution in [0.25, 0.3) is 0 Å². The molecule has 1 aromatic carbocycles. The predicted molar refractivity (Wildman–Crippen MR) is 111 cm³/mol. The fourth-order valence-electron chi connectivity index (χ4n) is 3.34. The van der Waals surface area contributed by atoms with Crippen LogP contribution in [0.3, 0.4) is 0 Å². The molecule has 0 fully saturated rings. The van der Waals surface area contributed by atoms with Crippen LogP contribution in [0.15, 0.2) is 42.0 Å². The van der Waals surface area contributed by atoms with Crippen LogP contribution < -0.4 is 4.74 Å². The zero-order chi connectivity index (χ0) is 22.4. The predicted octanol–water partition coefficient (Wildman–Crippen LogP) is 6.94. The summed E-state index contributed by atoms with van der Waals surface area (Å²) in [7, 11) is 0. The molecule has 1 aromatic rings. The van der Waals surface area contributed by atoms with E-state index in [2.05, 4.69) is 13.2 Å². The van der Waals surface area contributed by atoms with Crippen molar-refractivity contribution in [3.63, 3.8) is 0 Å². The monoisotopic (exact) mass is 426 g/mol. The number of fused-ring (bicyclic) bond motifs is 1. The first-order chi connectivity index (χ1) is 14.2. The quantitative estimate of drug-likeness (QED) is 0.378. The van der Waals surface area contributed by atoms with Crippen molar-refractivity contribution >= 4 is 0 Å². The molecule has 166 valence electrons. The Morgan fingerprint density at radius 1 is 1.27 bits per heavy atom. The van der Waals surface area contributed by atoms with Gasteiger partial charge in [-0.15, -0.1) is 0 Å². The van der Waals surface area contributed by atoms with Crippen molar-refractivity contribution in [3.8, 4) is 5.75 Å². The molecule has 2 nitrogen and oxygen atoms in total. The summed E-state index contributed by atoms with van der Waals surface area (Å²) in [5, 5.41) is 0. The molecule has 1 aliphatic heterocycles. The van der Waals surface area contributed by atoms with Crippen molar-refractivity contribution in [3.05, 3.63) is 64.7 Å². The minimum atomic E-state index is -1.12. The molecule has 0 saturated heterocycles. The second kappa shape index (κ2) is 10.8. The number of aryl methyl sites for hydroxylation is 1. The van der Waals surface area contributed by atoms with Gasteiger partial charge in [0.2, 0.25) is 5.82 Å². The van der Waals surface area contributed by atoms with Gasteiger partial charge >= 0.3 is 0 Å². The lowest BCUT2D eigenvalue weighted by Gasteiger charge is -2.25. The van der Waals surface area contributed by atoms with Crippen LogP contribution in [0.5, 0.6) is 5.75 Å². The van der Waals surface area contributed by atoms with Crippen LogP contribution in [0.4, 0.5) is 17.6 Å². The van der Waals surface area contributed by atoms with E-state index in [1.807, 2.05) is 13.8 Å². The van der Waals surface area contributed by atoms with Crippen molar-refractivity contribution in [1.29, 1.82) is 0 Å². The minimum absolute atomic E-state index is 0.0239. The van der Waals surface area contributed by atoms with Crippen LogP contribution in [0.1, 0.15) is 51.2 Å². The van der Waals surface area contributed by atoms with Gasteiger partial charge in [-0.2, -0.15) is 4.39 Å². The Labute approximate surface area is 176 Å². The van der Waals surface area contributed by atoms with E-state index < -0.39 is 23.6 Å². The molecule has 1 aliphatic rings. The lowest BCUT2D eigenvalue weighted by Crippen LogP contribution is -2.19. The van der Waals surface area contributed by atoms with Gasteiger partial charge in [0.15, 0.2) is 23.2 Å². The smallest absolute Gasteiger partial charge is 0.201 e. The van der Waals surface area contributed by atoms with Gasteiger partial charge in [-0.1, -0.05) is 33.4 Å². The van der Waals surface area contributed by atoms with Gasteiger partial charge in [0.25, 0.3) is 0 Å². The summed E-state index contributed by atoms with van der Waals surface area (Å²) in [4.78, 5) is 0. The summed E-state index contributed by atoms with van der Waals surface area (Å²) >= 11 is 0. The molecule has 0 N–H and O–H groups in total. The van der Waals surface area contributed by atoms with E-state index in [4.69, 9.17) is 9.47 Å². The first-order valence-corrected chi connectivity index (χ1v) is 10.3. The average molecular weight is 426 g/mol. The first kappa shape index (κ1) is 24.2. The second-order valence-electron chi connectivity index (χ2n) is 7.86. The van der Waals surface area contributed by atoms with Crippen molar-refractivity contribution in [2.75, 3.05) is 13.3 Å². The first-order valence-electron chi connectivity index (χ1n) is 10.3. The Morgan fingerprint density at radius 2 is 1.97 bits per heavy atom. The largest absolute Gasteiger partial charge is 0.450 e. The molecule has 0 saturated carbocycles. The number of rotatable bonds is 10. The van der Waals surface area contributed by atoms with Gasteiger partial charge in [-0.05, 0) is 49.3 Å². The summed E-state index contributed by atoms with van der Waals surface area (Å²) in [6, 6.07) is 1.55. The summed E-state index contributed by atoms with van der Waals surface area (Å²) in [5.41, 5.74) is 1.05. The molecule has 0 bridgehead atoms. The Morgan fingerprint density at radius 3 is 2.60 bits per heavy atom. The van der Waals surface area contributed by atoms with Gasteiger partial charge < -0.3 is 9.47 Å². The Kier molecular flexibility index (Phi) is 8.71. The van der Waals surface area contributed by atoms with Crippen LogP contribution >= 0.6 is 0 Å². The molecule has 2 atom stereocenters. The third-order valence-corrected chi connectivity index (χ3v) is 5.20. The van der Waals surface area contributed by atoms with E-state index in [9.17, 15) is 13.2 Å². The number of hydrogen-bond donors (Lipinski definition) is 0. The fourth-order valence-corrected chi connectivity index (χ4v) is 3.34. The van der Waals surface area contributed by atoms with E-state index >= 15 is 4.39 Å². The third-order valence-electron chi connectivity index (χ3n) is 5.20. The lowest BCUT2D eigenvalue weighted by atomic mass is 9.95. The van der Waals surface area contributed by atoms with Gasteiger partial charge in [0.05, 0.1) is 12.8 Å². The number of hydrogen-bond acceptors (Lipinski definition) is 2. The van der Waals surface area contributed by atoms with Gasteiger partial charge in [0, 0.05) is 24.2 Å². The number of ether oxygens (including phenoxy) is 2.